The van der Waals surface area contributed by atoms with Crippen molar-refractivity contribution in [1.82, 2.24) is 9.55 Å². The molecular formula is C8H12N4O3. The van der Waals surface area contributed by atoms with Gasteiger partial charge in [-0.3, -0.25) is 4.79 Å². The molecular weight excluding hydrogens is 200 g/mol. The fraction of sp³-hybridized carbons (Fsp3) is 0.375. The molecule has 0 bridgehead atoms. The van der Waals surface area contributed by atoms with Crippen LogP contribution < -0.4 is 11.5 Å². The molecule has 7 heteroatoms. The molecule has 15 heavy (non-hydrogen) atoms. The minimum atomic E-state index is -0.613. The largest absolute Gasteiger partial charge is 0.461 e. The van der Waals surface area contributed by atoms with E-state index in [4.69, 9.17) is 16.2 Å². The van der Waals surface area contributed by atoms with E-state index in [0.29, 0.717) is 0 Å². The lowest BCUT2D eigenvalue weighted by Gasteiger charge is -2.02. The number of hydrogen-bond acceptors (Lipinski definition) is 5. The van der Waals surface area contributed by atoms with Crippen LogP contribution in [0.4, 0.5) is 5.82 Å². The van der Waals surface area contributed by atoms with Crippen molar-refractivity contribution in [2.75, 3.05) is 12.3 Å². The number of ether oxygens (including phenoxy) is 1. The molecule has 0 aromatic carbocycles. The molecule has 0 aliphatic carbocycles. The zero-order valence-corrected chi connectivity index (χ0v) is 8.27. The minimum Gasteiger partial charge on any atom is -0.461 e. The Morgan fingerprint density at radius 2 is 2.27 bits per heavy atom. The summed E-state index contributed by atoms with van der Waals surface area (Å²) in [5.41, 5.74) is 10.6. The summed E-state index contributed by atoms with van der Waals surface area (Å²) in [4.78, 5) is 25.6. The van der Waals surface area contributed by atoms with Gasteiger partial charge in [-0.1, -0.05) is 0 Å². The zero-order valence-electron chi connectivity index (χ0n) is 8.27. The van der Waals surface area contributed by atoms with Crippen LogP contribution in [-0.4, -0.2) is 28.0 Å². The fourth-order valence-corrected chi connectivity index (χ4v) is 1.04. The van der Waals surface area contributed by atoms with Crippen LogP contribution in [0.5, 0.6) is 0 Å². The first kappa shape index (κ1) is 11.0. The number of carbonyl (C=O) groups excluding carboxylic acids is 2. The summed E-state index contributed by atoms with van der Waals surface area (Å²) in [6.45, 7) is 1.80. The molecule has 82 valence electrons. The molecule has 0 spiro atoms. The molecule has 0 fully saturated rings. The van der Waals surface area contributed by atoms with Crippen LogP contribution in [0.3, 0.4) is 0 Å². The lowest BCUT2D eigenvalue weighted by molar-refractivity contribution is -0.118. The van der Waals surface area contributed by atoms with Crippen LogP contribution in [0.15, 0.2) is 6.33 Å². The van der Waals surface area contributed by atoms with Crippen molar-refractivity contribution >= 4 is 17.7 Å². The van der Waals surface area contributed by atoms with Gasteiger partial charge in [0.1, 0.15) is 12.4 Å². The Bertz CT molecular complexity index is 385. The van der Waals surface area contributed by atoms with Crippen LogP contribution in [0.25, 0.3) is 0 Å². The highest BCUT2D eigenvalue weighted by molar-refractivity contribution is 5.92. The minimum absolute atomic E-state index is 0.00176. The summed E-state index contributed by atoms with van der Waals surface area (Å²) < 4.78 is 6.00. The highest BCUT2D eigenvalue weighted by atomic mass is 16.5. The van der Waals surface area contributed by atoms with Crippen molar-refractivity contribution in [2.45, 2.75) is 13.5 Å². The number of imidazole rings is 1. The Balaban J connectivity index is 2.88. The van der Waals surface area contributed by atoms with Crippen molar-refractivity contribution in [1.29, 1.82) is 0 Å². The summed E-state index contributed by atoms with van der Waals surface area (Å²) in [5, 5.41) is 0. The van der Waals surface area contributed by atoms with Gasteiger partial charge in [0.15, 0.2) is 5.69 Å². The van der Waals surface area contributed by atoms with Crippen LogP contribution in [0.2, 0.25) is 0 Å². The van der Waals surface area contributed by atoms with E-state index < -0.39 is 11.9 Å². The van der Waals surface area contributed by atoms with Crippen LogP contribution in [-0.2, 0) is 16.1 Å². The highest BCUT2D eigenvalue weighted by Gasteiger charge is 2.17. The molecule has 0 saturated carbocycles. The Labute approximate surface area is 86.0 Å². The smallest absolute Gasteiger partial charge is 0.360 e. The van der Waals surface area contributed by atoms with E-state index in [2.05, 4.69) is 4.98 Å². The van der Waals surface area contributed by atoms with E-state index in [9.17, 15) is 9.59 Å². The first-order valence-electron chi connectivity index (χ1n) is 4.32. The quantitative estimate of drug-likeness (QED) is 0.629. The summed E-state index contributed by atoms with van der Waals surface area (Å²) in [6.07, 6.45) is 1.27. The average Bonchev–Trinajstić information content (AvgIpc) is 2.48. The Morgan fingerprint density at radius 1 is 1.60 bits per heavy atom. The van der Waals surface area contributed by atoms with Gasteiger partial charge in [0.25, 0.3) is 0 Å². The number of carbonyl (C=O) groups is 2. The summed E-state index contributed by atoms with van der Waals surface area (Å²) in [5.74, 6) is -1.10. The molecule has 1 heterocycles. The van der Waals surface area contributed by atoms with Crippen molar-refractivity contribution < 1.29 is 14.3 Å². The van der Waals surface area contributed by atoms with Crippen molar-refractivity contribution in [3.63, 3.8) is 0 Å². The maximum Gasteiger partial charge on any atom is 0.360 e. The predicted molar refractivity (Wildman–Crippen MR) is 51.8 cm³/mol. The number of primary amides is 1. The van der Waals surface area contributed by atoms with E-state index in [1.54, 1.807) is 6.92 Å². The van der Waals surface area contributed by atoms with Crippen LogP contribution in [0.1, 0.15) is 17.4 Å². The molecule has 0 atom stereocenters. The standard InChI is InChI=1S/C8H12N4O3/c1-2-15-8(14)6-7(10)12(4-11-6)3-5(9)13/h4H,2-3,10H2,1H3,(H2,9,13). The molecule has 0 aliphatic heterocycles. The number of rotatable bonds is 4. The molecule has 1 amide bonds. The second-order valence-electron chi connectivity index (χ2n) is 2.79. The number of anilines is 1. The van der Waals surface area contributed by atoms with E-state index in [1.165, 1.54) is 10.9 Å². The first-order valence-corrected chi connectivity index (χ1v) is 4.32. The van der Waals surface area contributed by atoms with E-state index in [-0.39, 0.29) is 24.7 Å². The number of esters is 1. The zero-order chi connectivity index (χ0) is 11.4. The van der Waals surface area contributed by atoms with Crippen LogP contribution in [0, 0.1) is 0 Å². The summed E-state index contributed by atoms with van der Waals surface area (Å²) in [7, 11) is 0. The van der Waals surface area contributed by atoms with Crippen molar-refractivity contribution in [3.05, 3.63) is 12.0 Å². The lowest BCUT2D eigenvalue weighted by Crippen LogP contribution is -2.19. The van der Waals surface area contributed by atoms with Gasteiger partial charge in [-0.2, -0.15) is 0 Å². The monoisotopic (exact) mass is 212 g/mol. The number of nitrogens with two attached hydrogens (primary N) is 2. The SMILES string of the molecule is CCOC(=O)c1ncn(CC(N)=O)c1N. The maximum absolute atomic E-state index is 11.3. The molecule has 7 nitrogen and oxygen atoms in total. The van der Waals surface area contributed by atoms with E-state index >= 15 is 0 Å². The second kappa shape index (κ2) is 4.45. The van der Waals surface area contributed by atoms with E-state index in [1.807, 2.05) is 0 Å². The number of hydrogen-bond donors (Lipinski definition) is 2. The highest BCUT2D eigenvalue weighted by Crippen LogP contribution is 2.10. The number of amides is 1. The topological polar surface area (TPSA) is 113 Å². The maximum atomic E-state index is 11.3. The third-order valence-corrected chi connectivity index (χ3v) is 1.67. The van der Waals surface area contributed by atoms with E-state index in [0.717, 1.165) is 0 Å². The average molecular weight is 212 g/mol. The van der Waals surface area contributed by atoms with Gasteiger partial charge < -0.3 is 20.8 Å². The third-order valence-electron chi connectivity index (χ3n) is 1.67. The summed E-state index contributed by atoms with van der Waals surface area (Å²) >= 11 is 0. The first-order chi connectivity index (χ1) is 7.06. The Morgan fingerprint density at radius 3 is 2.80 bits per heavy atom. The number of nitrogen functional groups attached to an aromatic ring is 1. The van der Waals surface area contributed by atoms with Gasteiger partial charge in [-0.15, -0.1) is 0 Å². The second-order valence-corrected chi connectivity index (χ2v) is 2.79. The molecule has 0 aliphatic rings. The normalized spacial score (nSPS) is 9.93. The van der Waals surface area contributed by atoms with Gasteiger partial charge in [0.05, 0.1) is 12.9 Å². The van der Waals surface area contributed by atoms with Crippen LogP contribution >= 0.6 is 0 Å². The van der Waals surface area contributed by atoms with Gasteiger partial charge in [0.2, 0.25) is 5.91 Å². The van der Waals surface area contributed by atoms with Crippen molar-refractivity contribution in [2.24, 2.45) is 5.73 Å². The Hall–Kier alpha value is -2.05. The summed E-state index contributed by atoms with van der Waals surface area (Å²) in [6, 6.07) is 0. The molecule has 4 N–H and O–H groups in total. The van der Waals surface area contributed by atoms with Crippen molar-refractivity contribution in [3.8, 4) is 0 Å². The lowest BCUT2D eigenvalue weighted by atomic mass is 10.4. The molecule has 0 radical (unpaired) electrons. The third kappa shape index (κ3) is 2.46. The molecule has 1 aromatic heterocycles. The van der Waals surface area contributed by atoms with Gasteiger partial charge in [-0.25, -0.2) is 9.78 Å². The molecule has 0 unspecified atom stereocenters. The number of aromatic nitrogens is 2. The van der Waals surface area contributed by atoms with Gasteiger partial charge in [0, 0.05) is 0 Å². The molecule has 1 aromatic rings. The fourth-order valence-electron chi connectivity index (χ4n) is 1.04. The number of nitrogens with zero attached hydrogens (tertiary/aromatic N) is 2. The Kier molecular flexibility index (Phi) is 3.27. The molecule has 0 saturated heterocycles. The van der Waals surface area contributed by atoms with Gasteiger partial charge >= 0.3 is 5.97 Å². The predicted octanol–water partition coefficient (Wildman–Crippen LogP) is -0.873. The molecule has 1 rings (SSSR count). The van der Waals surface area contributed by atoms with Gasteiger partial charge in [-0.05, 0) is 6.92 Å².